The Hall–Kier alpha value is -0.570. The lowest BCUT2D eigenvalue weighted by molar-refractivity contribution is -0.154. The van der Waals surface area contributed by atoms with Crippen LogP contribution in [0.15, 0.2) is 0 Å². The summed E-state index contributed by atoms with van der Waals surface area (Å²) < 4.78 is 10.7. The number of hydrogen-bond donors (Lipinski definition) is 0. The maximum Gasteiger partial charge on any atom is 0.306 e. The summed E-state index contributed by atoms with van der Waals surface area (Å²) in [5.74, 6) is -0.108. The minimum Gasteiger partial charge on any atom is -0.460 e. The van der Waals surface area contributed by atoms with E-state index in [2.05, 4.69) is 6.92 Å². The third kappa shape index (κ3) is 13.4. The highest BCUT2D eigenvalue weighted by atomic mass is 16.6. The molecule has 0 N–H and O–H groups in total. The number of carbonyl (C=O) groups is 1. The zero-order chi connectivity index (χ0) is 13.1. The molecule has 0 rings (SSSR count). The van der Waals surface area contributed by atoms with Gasteiger partial charge in [0.15, 0.2) is 0 Å². The van der Waals surface area contributed by atoms with Crippen molar-refractivity contribution in [2.75, 3.05) is 13.2 Å². The van der Waals surface area contributed by atoms with Crippen molar-refractivity contribution in [1.29, 1.82) is 0 Å². The van der Waals surface area contributed by atoms with Crippen molar-refractivity contribution in [3.63, 3.8) is 0 Å². The fourth-order valence-electron chi connectivity index (χ4n) is 1.42. The Morgan fingerprint density at radius 3 is 2.12 bits per heavy atom. The standard InChI is InChI=1S/C14H28O3/c1-5-6-8-11-16-12-9-7-10-13(15)17-14(2,3)4/h5-12H2,1-4H3. The van der Waals surface area contributed by atoms with Crippen LogP contribution in [-0.2, 0) is 14.3 Å². The van der Waals surface area contributed by atoms with E-state index in [0.29, 0.717) is 6.42 Å². The van der Waals surface area contributed by atoms with Crippen LogP contribution in [0.2, 0.25) is 0 Å². The fourth-order valence-corrected chi connectivity index (χ4v) is 1.42. The topological polar surface area (TPSA) is 35.5 Å². The molecule has 0 aromatic heterocycles. The third-order valence-corrected chi connectivity index (χ3v) is 2.23. The molecule has 0 saturated heterocycles. The van der Waals surface area contributed by atoms with Crippen molar-refractivity contribution < 1.29 is 14.3 Å². The molecule has 0 aromatic rings. The largest absolute Gasteiger partial charge is 0.460 e. The van der Waals surface area contributed by atoms with E-state index in [0.717, 1.165) is 32.5 Å². The number of rotatable bonds is 9. The summed E-state index contributed by atoms with van der Waals surface area (Å²) in [7, 11) is 0. The van der Waals surface area contributed by atoms with Gasteiger partial charge in [0.2, 0.25) is 0 Å². The molecule has 0 radical (unpaired) electrons. The first-order valence-corrected chi connectivity index (χ1v) is 6.75. The van der Waals surface area contributed by atoms with Crippen LogP contribution in [0.3, 0.4) is 0 Å². The molecular formula is C14H28O3. The molecule has 3 heteroatoms. The highest BCUT2D eigenvalue weighted by Gasteiger charge is 2.15. The SMILES string of the molecule is CCCCCOCCCCC(=O)OC(C)(C)C. The Morgan fingerprint density at radius 1 is 1.00 bits per heavy atom. The summed E-state index contributed by atoms with van der Waals surface area (Å²) in [6.07, 6.45) is 5.88. The Morgan fingerprint density at radius 2 is 1.59 bits per heavy atom. The van der Waals surface area contributed by atoms with Crippen LogP contribution in [0, 0.1) is 0 Å². The van der Waals surface area contributed by atoms with Crippen molar-refractivity contribution in [2.24, 2.45) is 0 Å². The molecule has 0 fully saturated rings. The minimum absolute atomic E-state index is 0.108. The molecule has 0 amide bonds. The summed E-state index contributed by atoms with van der Waals surface area (Å²) >= 11 is 0. The molecule has 0 bridgehead atoms. The molecule has 17 heavy (non-hydrogen) atoms. The second kappa shape index (κ2) is 9.46. The van der Waals surface area contributed by atoms with E-state index in [1.165, 1.54) is 12.8 Å². The van der Waals surface area contributed by atoms with Crippen molar-refractivity contribution in [2.45, 2.75) is 71.8 Å². The molecule has 0 aliphatic rings. The summed E-state index contributed by atoms with van der Waals surface area (Å²) in [6.45, 7) is 9.46. The minimum atomic E-state index is -0.367. The molecule has 0 aliphatic heterocycles. The van der Waals surface area contributed by atoms with Crippen molar-refractivity contribution in [3.8, 4) is 0 Å². The molecule has 0 aliphatic carbocycles. The van der Waals surface area contributed by atoms with Crippen LogP contribution in [0.25, 0.3) is 0 Å². The van der Waals surface area contributed by atoms with Gasteiger partial charge < -0.3 is 9.47 Å². The Bertz CT molecular complexity index is 194. The molecule has 102 valence electrons. The maximum atomic E-state index is 11.4. The van der Waals surface area contributed by atoms with Gasteiger partial charge >= 0.3 is 5.97 Å². The van der Waals surface area contributed by atoms with Gasteiger partial charge in [-0.05, 0) is 40.0 Å². The van der Waals surface area contributed by atoms with E-state index in [1.807, 2.05) is 20.8 Å². The quantitative estimate of drug-likeness (QED) is 0.458. The van der Waals surface area contributed by atoms with Gasteiger partial charge in [-0.25, -0.2) is 0 Å². The van der Waals surface area contributed by atoms with Crippen LogP contribution in [0.4, 0.5) is 0 Å². The van der Waals surface area contributed by atoms with Gasteiger partial charge in [0.25, 0.3) is 0 Å². The lowest BCUT2D eigenvalue weighted by Gasteiger charge is -2.19. The third-order valence-electron chi connectivity index (χ3n) is 2.23. The molecule has 0 aromatic carbocycles. The number of esters is 1. The first kappa shape index (κ1) is 16.4. The van der Waals surface area contributed by atoms with Crippen molar-refractivity contribution in [3.05, 3.63) is 0 Å². The smallest absolute Gasteiger partial charge is 0.306 e. The van der Waals surface area contributed by atoms with Crippen LogP contribution in [0.5, 0.6) is 0 Å². The molecular weight excluding hydrogens is 216 g/mol. The van der Waals surface area contributed by atoms with Gasteiger partial charge in [-0.15, -0.1) is 0 Å². The molecule has 3 nitrogen and oxygen atoms in total. The zero-order valence-electron chi connectivity index (χ0n) is 11.9. The van der Waals surface area contributed by atoms with E-state index in [9.17, 15) is 4.79 Å². The van der Waals surface area contributed by atoms with Crippen LogP contribution in [-0.4, -0.2) is 24.8 Å². The first-order chi connectivity index (χ1) is 7.95. The average Bonchev–Trinajstić information content (AvgIpc) is 2.19. The zero-order valence-corrected chi connectivity index (χ0v) is 11.9. The summed E-state index contributed by atoms with van der Waals surface area (Å²) in [6, 6.07) is 0. The van der Waals surface area contributed by atoms with Crippen molar-refractivity contribution in [1.82, 2.24) is 0 Å². The monoisotopic (exact) mass is 244 g/mol. The predicted molar refractivity (Wildman–Crippen MR) is 70.0 cm³/mol. The van der Waals surface area contributed by atoms with E-state index in [4.69, 9.17) is 9.47 Å². The van der Waals surface area contributed by atoms with E-state index < -0.39 is 0 Å². The number of hydrogen-bond acceptors (Lipinski definition) is 3. The van der Waals surface area contributed by atoms with Crippen LogP contribution in [0.1, 0.15) is 66.2 Å². The summed E-state index contributed by atoms with van der Waals surface area (Å²) in [5, 5.41) is 0. The van der Waals surface area contributed by atoms with Gasteiger partial charge in [0.1, 0.15) is 5.60 Å². The lowest BCUT2D eigenvalue weighted by Crippen LogP contribution is -2.23. The first-order valence-electron chi connectivity index (χ1n) is 6.75. The molecule has 0 atom stereocenters. The molecule has 0 heterocycles. The van der Waals surface area contributed by atoms with Gasteiger partial charge in [-0.1, -0.05) is 19.8 Å². The fraction of sp³-hybridized carbons (Fsp3) is 0.929. The maximum absolute atomic E-state index is 11.4. The molecule has 0 saturated carbocycles. The molecule has 0 unspecified atom stereocenters. The Kier molecular flexibility index (Phi) is 9.14. The van der Waals surface area contributed by atoms with E-state index in [-0.39, 0.29) is 11.6 Å². The lowest BCUT2D eigenvalue weighted by atomic mass is 10.2. The number of ether oxygens (including phenoxy) is 2. The average molecular weight is 244 g/mol. The summed E-state index contributed by atoms with van der Waals surface area (Å²) in [4.78, 5) is 11.4. The number of carbonyl (C=O) groups excluding carboxylic acids is 1. The van der Waals surface area contributed by atoms with E-state index >= 15 is 0 Å². The van der Waals surface area contributed by atoms with Gasteiger partial charge in [-0.3, -0.25) is 4.79 Å². The summed E-state index contributed by atoms with van der Waals surface area (Å²) in [5.41, 5.74) is -0.367. The Balaban J connectivity index is 3.25. The normalized spacial score (nSPS) is 11.5. The highest BCUT2D eigenvalue weighted by Crippen LogP contribution is 2.09. The van der Waals surface area contributed by atoms with Crippen molar-refractivity contribution >= 4 is 5.97 Å². The van der Waals surface area contributed by atoms with Gasteiger partial charge in [-0.2, -0.15) is 0 Å². The second-order valence-corrected chi connectivity index (χ2v) is 5.36. The Labute approximate surface area is 106 Å². The number of unbranched alkanes of at least 4 members (excludes halogenated alkanes) is 3. The van der Waals surface area contributed by atoms with Crippen LogP contribution >= 0.6 is 0 Å². The van der Waals surface area contributed by atoms with E-state index in [1.54, 1.807) is 0 Å². The van der Waals surface area contributed by atoms with Gasteiger partial charge in [0.05, 0.1) is 0 Å². The highest BCUT2D eigenvalue weighted by molar-refractivity contribution is 5.69. The predicted octanol–water partition coefficient (Wildman–Crippen LogP) is 3.71. The second-order valence-electron chi connectivity index (χ2n) is 5.36. The van der Waals surface area contributed by atoms with Gasteiger partial charge in [0, 0.05) is 19.6 Å². The van der Waals surface area contributed by atoms with Crippen LogP contribution < -0.4 is 0 Å². The molecule has 0 spiro atoms.